The van der Waals surface area contributed by atoms with Gasteiger partial charge in [0, 0.05) is 53.7 Å². The number of hydrogen-bond donors (Lipinski definition) is 1. The molecule has 31 heavy (non-hydrogen) atoms. The van der Waals surface area contributed by atoms with E-state index < -0.39 is 0 Å². The smallest absolute Gasteiger partial charge is 0.255 e. The molecule has 1 N–H and O–H groups in total. The second kappa shape index (κ2) is 9.23. The van der Waals surface area contributed by atoms with Crippen molar-refractivity contribution in [3.05, 3.63) is 94.5 Å². The summed E-state index contributed by atoms with van der Waals surface area (Å²) in [5.41, 5.74) is 4.25. The summed E-state index contributed by atoms with van der Waals surface area (Å²) in [5.74, 6) is -0.0902. The zero-order valence-corrected chi connectivity index (χ0v) is 18.1. The predicted octanol–water partition coefficient (Wildman–Crippen LogP) is 4.86. The number of carbonyl (C=O) groups is 2. The number of nitrogens with zero attached hydrogens (tertiary/aromatic N) is 2. The van der Waals surface area contributed by atoms with Gasteiger partial charge in [0.05, 0.1) is 0 Å². The van der Waals surface area contributed by atoms with Crippen LogP contribution >= 0.6 is 11.6 Å². The molecule has 2 amide bonds. The summed E-state index contributed by atoms with van der Waals surface area (Å²) in [5, 5.41) is 3.50. The highest BCUT2D eigenvalue weighted by Gasteiger charge is 2.22. The molecule has 3 aromatic carbocycles. The second-order valence-corrected chi connectivity index (χ2v) is 8.09. The van der Waals surface area contributed by atoms with Crippen molar-refractivity contribution in [3.8, 4) is 0 Å². The van der Waals surface area contributed by atoms with E-state index in [1.807, 2.05) is 60.4 Å². The summed E-state index contributed by atoms with van der Waals surface area (Å²) in [6, 6.07) is 22.3. The molecule has 0 aliphatic carbocycles. The van der Waals surface area contributed by atoms with E-state index in [4.69, 9.17) is 11.6 Å². The van der Waals surface area contributed by atoms with Crippen molar-refractivity contribution in [1.82, 2.24) is 4.90 Å². The van der Waals surface area contributed by atoms with Crippen LogP contribution in [0.2, 0.25) is 5.02 Å². The van der Waals surface area contributed by atoms with Crippen molar-refractivity contribution in [2.45, 2.75) is 6.92 Å². The molecule has 3 aromatic rings. The van der Waals surface area contributed by atoms with Crippen molar-refractivity contribution < 1.29 is 9.59 Å². The Balaban J connectivity index is 1.33. The minimum Gasteiger partial charge on any atom is -0.368 e. The molecule has 1 fully saturated rings. The van der Waals surface area contributed by atoms with Gasteiger partial charge in [-0.25, -0.2) is 0 Å². The Morgan fingerprint density at radius 1 is 0.774 bits per heavy atom. The molecule has 0 unspecified atom stereocenters. The van der Waals surface area contributed by atoms with E-state index in [0.717, 1.165) is 35.6 Å². The Hall–Kier alpha value is -3.31. The number of anilines is 2. The topological polar surface area (TPSA) is 52.7 Å². The number of rotatable bonds is 4. The number of amides is 2. The van der Waals surface area contributed by atoms with Crippen molar-refractivity contribution in [3.63, 3.8) is 0 Å². The van der Waals surface area contributed by atoms with E-state index in [0.29, 0.717) is 23.7 Å². The Bertz CT molecular complexity index is 1060. The van der Waals surface area contributed by atoms with Crippen molar-refractivity contribution >= 4 is 34.8 Å². The maximum Gasteiger partial charge on any atom is 0.255 e. The molecule has 1 saturated heterocycles. The van der Waals surface area contributed by atoms with Crippen LogP contribution in [-0.4, -0.2) is 42.9 Å². The number of aryl methyl sites for hydroxylation is 1. The Morgan fingerprint density at radius 3 is 1.97 bits per heavy atom. The van der Waals surface area contributed by atoms with Gasteiger partial charge in [-0.2, -0.15) is 0 Å². The highest BCUT2D eigenvalue weighted by atomic mass is 35.5. The van der Waals surface area contributed by atoms with E-state index >= 15 is 0 Å². The molecule has 1 heterocycles. The monoisotopic (exact) mass is 433 g/mol. The van der Waals surface area contributed by atoms with Crippen LogP contribution in [0.25, 0.3) is 0 Å². The van der Waals surface area contributed by atoms with Gasteiger partial charge >= 0.3 is 0 Å². The van der Waals surface area contributed by atoms with E-state index in [1.165, 1.54) is 0 Å². The zero-order valence-electron chi connectivity index (χ0n) is 17.3. The van der Waals surface area contributed by atoms with Crippen LogP contribution in [0, 0.1) is 6.92 Å². The fourth-order valence-electron chi connectivity index (χ4n) is 3.61. The lowest BCUT2D eigenvalue weighted by Crippen LogP contribution is -2.48. The summed E-state index contributed by atoms with van der Waals surface area (Å²) in [7, 11) is 0. The molecule has 0 radical (unpaired) electrons. The summed E-state index contributed by atoms with van der Waals surface area (Å²) in [6.07, 6.45) is 0. The molecule has 5 nitrogen and oxygen atoms in total. The first-order valence-corrected chi connectivity index (χ1v) is 10.7. The first-order chi connectivity index (χ1) is 15.0. The summed E-state index contributed by atoms with van der Waals surface area (Å²) >= 11 is 5.87. The quantitative estimate of drug-likeness (QED) is 0.639. The summed E-state index contributed by atoms with van der Waals surface area (Å²) < 4.78 is 0. The van der Waals surface area contributed by atoms with E-state index in [1.54, 1.807) is 24.3 Å². The molecule has 6 heteroatoms. The van der Waals surface area contributed by atoms with Gasteiger partial charge < -0.3 is 15.1 Å². The summed E-state index contributed by atoms with van der Waals surface area (Å²) in [4.78, 5) is 29.2. The van der Waals surface area contributed by atoms with Gasteiger partial charge in [0.25, 0.3) is 11.8 Å². The minimum atomic E-state index is -0.173. The van der Waals surface area contributed by atoms with E-state index in [2.05, 4.69) is 10.2 Å². The third-order valence-electron chi connectivity index (χ3n) is 5.46. The van der Waals surface area contributed by atoms with Crippen molar-refractivity contribution in [2.24, 2.45) is 0 Å². The predicted molar refractivity (Wildman–Crippen MR) is 125 cm³/mol. The lowest BCUT2D eigenvalue weighted by molar-refractivity contribution is 0.0746. The fourth-order valence-corrected chi connectivity index (χ4v) is 3.73. The fraction of sp³-hybridized carbons (Fsp3) is 0.200. The number of benzene rings is 3. The van der Waals surface area contributed by atoms with Gasteiger partial charge in [0.15, 0.2) is 0 Å². The standard InChI is InChI=1S/C25H24ClN3O2/c1-18-2-4-20(5-3-18)25(31)29-16-14-28(15-17-29)23-12-10-22(11-13-23)27-24(30)19-6-8-21(26)9-7-19/h2-13H,14-17H2,1H3,(H,27,30). The van der Waals surface area contributed by atoms with Crippen molar-refractivity contribution in [2.75, 3.05) is 36.4 Å². The van der Waals surface area contributed by atoms with Crippen LogP contribution in [0.15, 0.2) is 72.8 Å². The molecule has 0 saturated carbocycles. The zero-order chi connectivity index (χ0) is 21.8. The van der Waals surface area contributed by atoms with Crippen LogP contribution < -0.4 is 10.2 Å². The molecular formula is C25H24ClN3O2. The first kappa shape index (κ1) is 20.9. The highest BCUT2D eigenvalue weighted by Crippen LogP contribution is 2.21. The van der Waals surface area contributed by atoms with Crippen LogP contribution in [0.5, 0.6) is 0 Å². The molecule has 0 bridgehead atoms. The number of carbonyl (C=O) groups excluding carboxylic acids is 2. The lowest BCUT2D eigenvalue weighted by atomic mass is 10.1. The number of nitrogens with one attached hydrogen (secondary N) is 1. The van der Waals surface area contributed by atoms with Gasteiger partial charge in [-0.3, -0.25) is 9.59 Å². The molecular weight excluding hydrogens is 410 g/mol. The molecule has 1 aliphatic rings. The summed E-state index contributed by atoms with van der Waals surface area (Å²) in [6.45, 7) is 4.92. The van der Waals surface area contributed by atoms with Crippen molar-refractivity contribution in [1.29, 1.82) is 0 Å². The maximum atomic E-state index is 12.7. The largest absolute Gasteiger partial charge is 0.368 e. The third kappa shape index (κ3) is 5.06. The molecule has 0 aromatic heterocycles. The molecule has 158 valence electrons. The van der Waals surface area contributed by atoms with Gasteiger partial charge in [0.2, 0.25) is 0 Å². The molecule has 0 atom stereocenters. The maximum absolute atomic E-state index is 12.7. The molecule has 0 spiro atoms. The normalized spacial score (nSPS) is 13.7. The minimum absolute atomic E-state index is 0.0832. The van der Waals surface area contributed by atoms with Crippen LogP contribution in [0.4, 0.5) is 11.4 Å². The van der Waals surface area contributed by atoms with Gasteiger partial charge in [0.1, 0.15) is 0 Å². The Morgan fingerprint density at radius 2 is 1.35 bits per heavy atom. The second-order valence-electron chi connectivity index (χ2n) is 7.65. The first-order valence-electron chi connectivity index (χ1n) is 10.3. The third-order valence-corrected chi connectivity index (χ3v) is 5.71. The average Bonchev–Trinajstić information content (AvgIpc) is 2.80. The van der Waals surface area contributed by atoms with Gasteiger partial charge in [-0.05, 0) is 67.6 Å². The molecule has 4 rings (SSSR count). The number of hydrogen-bond acceptors (Lipinski definition) is 3. The average molecular weight is 434 g/mol. The Kier molecular flexibility index (Phi) is 6.23. The van der Waals surface area contributed by atoms with Gasteiger partial charge in [-0.1, -0.05) is 29.3 Å². The van der Waals surface area contributed by atoms with Crippen LogP contribution in [-0.2, 0) is 0 Å². The number of halogens is 1. The SMILES string of the molecule is Cc1ccc(C(=O)N2CCN(c3ccc(NC(=O)c4ccc(Cl)cc4)cc3)CC2)cc1. The van der Waals surface area contributed by atoms with E-state index in [-0.39, 0.29) is 11.8 Å². The lowest BCUT2D eigenvalue weighted by Gasteiger charge is -2.36. The Labute approximate surface area is 187 Å². The van der Waals surface area contributed by atoms with Crippen LogP contribution in [0.1, 0.15) is 26.3 Å². The highest BCUT2D eigenvalue weighted by molar-refractivity contribution is 6.30. The molecule has 1 aliphatic heterocycles. The van der Waals surface area contributed by atoms with E-state index in [9.17, 15) is 9.59 Å². The van der Waals surface area contributed by atoms with Crippen LogP contribution in [0.3, 0.4) is 0 Å². The van der Waals surface area contributed by atoms with Gasteiger partial charge in [-0.15, -0.1) is 0 Å². The number of piperazine rings is 1.